The lowest BCUT2D eigenvalue weighted by Crippen LogP contribution is -2.64. The summed E-state index contributed by atoms with van der Waals surface area (Å²) in [5.74, 6) is -0.468. The molecule has 0 spiro atoms. The summed E-state index contributed by atoms with van der Waals surface area (Å²) < 4.78 is 5.75. The van der Waals surface area contributed by atoms with Gasteiger partial charge in [-0.2, -0.15) is 0 Å². The lowest BCUT2D eigenvalue weighted by Gasteiger charge is -2.46. The Balaban J connectivity index is 1.92. The fourth-order valence-corrected chi connectivity index (χ4v) is 4.88. The highest BCUT2D eigenvalue weighted by atomic mass is 35.5. The monoisotopic (exact) mass is 379 g/mol. The number of amides is 1. The second-order valence-corrected chi connectivity index (χ2v) is 8.03. The summed E-state index contributed by atoms with van der Waals surface area (Å²) >= 11 is 6.10. The van der Waals surface area contributed by atoms with Crippen molar-refractivity contribution in [1.29, 1.82) is 0 Å². The van der Waals surface area contributed by atoms with Crippen molar-refractivity contribution in [3.8, 4) is 0 Å². The van der Waals surface area contributed by atoms with Crippen molar-refractivity contribution in [3.05, 3.63) is 28.3 Å². The molecular weight excluding hydrogens is 352 g/mol. The number of aryl methyl sites for hydroxylation is 1. The standard InChI is InChI=1S/C20H27ClN2O3/c1-4-23(10-6-5-7-11-23)20(8-9-20)19(25)22-17-14(2)12-15(21)13-16(17)18(24)26-3/h12-13H,4-11H2,1-3H3/p+1. The Bertz CT molecular complexity index is 722. The third-order valence-electron chi connectivity index (χ3n) is 6.28. The van der Waals surface area contributed by atoms with Crippen LogP contribution in [0.25, 0.3) is 0 Å². The van der Waals surface area contributed by atoms with Gasteiger partial charge >= 0.3 is 5.97 Å². The van der Waals surface area contributed by atoms with Crippen LogP contribution in [0.4, 0.5) is 5.69 Å². The number of carbonyl (C=O) groups is 2. The predicted octanol–water partition coefficient (Wildman–Crippen LogP) is 3.93. The molecule has 2 aliphatic rings. The molecule has 0 atom stereocenters. The topological polar surface area (TPSA) is 55.4 Å². The normalized spacial score (nSPS) is 20.3. The number of anilines is 1. The van der Waals surface area contributed by atoms with Gasteiger partial charge in [0.15, 0.2) is 5.54 Å². The molecule has 1 aliphatic heterocycles. The van der Waals surface area contributed by atoms with E-state index in [9.17, 15) is 9.59 Å². The zero-order chi connectivity index (χ0) is 18.9. The van der Waals surface area contributed by atoms with Crippen LogP contribution < -0.4 is 5.32 Å². The number of halogens is 1. The number of benzene rings is 1. The van der Waals surface area contributed by atoms with Gasteiger partial charge in [-0.25, -0.2) is 4.79 Å². The minimum Gasteiger partial charge on any atom is -0.465 e. The van der Waals surface area contributed by atoms with Crippen molar-refractivity contribution in [2.24, 2.45) is 0 Å². The predicted molar refractivity (Wildman–Crippen MR) is 103 cm³/mol. The molecule has 1 saturated carbocycles. The number of rotatable bonds is 5. The first-order valence-corrected chi connectivity index (χ1v) is 9.83. The number of nitrogens with zero attached hydrogens (tertiary/aromatic N) is 1. The van der Waals surface area contributed by atoms with Gasteiger partial charge in [0.1, 0.15) is 0 Å². The van der Waals surface area contributed by atoms with Gasteiger partial charge in [0.2, 0.25) is 0 Å². The number of hydrogen-bond donors (Lipinski definition) is 1. The van der Waals surface area contributed by atoms with Gasteiger partial charge in [-0.1, -0.05) is 11.6 Å². The Morgan fingerprint density at radius 1 is 1.23 bits per heavy atom. The van der Waals surface area contributed by atoms with Gasteiger partial charge in [-0.15, -0.1) is 0 Å². The number of methoxy groups -OCH3 is 1. The number of piperidine rings is 1. The SMILES string of the molecule is CC[N+]1(C2(C(=O)Nc3c(C)cc(Cl)cc3C(=O)OC)CC2)CCCCC1. The molecule has 6 heteroatoms. The lowest BCUT2D eigenvalue weighted by atomic mass is 10.00. The van der Waals surface area contributed by atoms with E-state index in [1.54, 1.807) is 12.1 Å². The summed E-state index contributed by atoms with van der Waals surface area (Å²) in [6.07, 6.45) is 5.42. The van der Waals surface area contributed by atoms with E-state index < -0.39 is 5.97 Å². The van der Waals surface area contributed by atoms with Crippen LogP contribution in [0, 0.1) is 6.92 Å². The van der Waals surface area contributed by atoms with Crippen molar-refractivity contribution in [2.45, 2.75) is 51.5 Å². The molecule has 1 aliphatic carbocycles. The van der Waals surface area contributed by atoms with Gasteiger partial charge in [-0.05, 0) is 50.8 Å². The van der Waals surface area contributed by atoms with Gasteiger partial charge in [-0.3, -0.25) is 4.79 Å². The Morgan fingerprint density at radius 3 is 2.42 bits per heavy atom. The molecule has 0 aromatic heterocycles. The average Bonchev–Trinajstić information content (AvgIpc) is 3.46. The molecule has 2 fully saturated rings. The average molecular weight is 380 g/mol. The van der Waals surface area contributed by atoms with Crippen LogP contribution in [-0.2, 0) is 9.53 Å². The van der Waals surface area contributed by atoms with E-state index in [-0.39, 0.29) is 11.4 Å². The number of carbonyl (C=O) groups excluding carboxylic acids is 2. The Labute approximate surface area is 160 Å². The molecule has 142 valence electrons. The Hall–Kier alpha value is -1.59. The third-order valence-corrected chi connectivity index (χ3v) is 6.49. The maximum atomic E-state index is 13.3. The molecule has 1 heterocycles. The molecule has 1 amide bonds. The van der Waals surface area contributed by atoms with Crippen LogP contribution in [0.5, 0.6) is 0 Å². The number of likely N-dealkylation sites (N-methyl/N-ethyl adjacent to an activating group) is 1. The zero-order valence-electron chi connectivity index (χ0n) is 15.9. The van der Waals surface area contributed by atoms with Gasteiger partial charge in [0, 0.05) is 17.9 Å². The first kappa shape index (κ1) is 19.2. The van der Waals surface area contributed by atoms with Gasteiger partial charge < -0.3 is 14.5 Å². The number of nitrogens with one attached hydrogen (secondary N) is 1. The second kappa shape index (κ2) is 7.20. The molecule has 0 radical (unpaired) electrons. The maximum Gasteiger partial charge on any atom is 0.340 e. The summed E-state index contributed by atoms with van der Waals surface area (Å²) in [6.45, 7) is 7.13. The van der Waals surface area contributed by atoms with Crippen molar-refractivity contribution >= 4 is 29.2 Å². The van der Waals surface area contributed by atoms with Crippen LogP contribution in [-0.4, -0.2) is 48.6 Å². The maximum absolute atomic E-state index is 13.3. The fraction of sp³-hybridized carbons (Fsp3) is 0.600. The van der Waals surface area contributed by atoms with Crippen LogP contribution in [0.3, 0.4) is 0 Å². The highest BCUT2D eigenvalue weighted by Crippen LogP contribution is 2.49. The molecule has 1 aromatic carbocycles. The molecule has 1 aromatic rings. The van der Waals surface area contributed by atoms with Crippen molar-refractivity contribution in [2.75, 3.05) is 32.1 Å². The fourth-order valence-electron chi connectivity index (χ4n) is 4.61. The second-order valence-electron chi connectivity index (χ2n) is 7.59. The van der Waals surface area contributed by atoms with Crippen LogP contribution in [0.15, 0.2) is 12.1 Å². The quantitative estimate of drug-likeness (QED) is 0.623. The molecule has 0 bridgehead atoms. The van der Waals surface area contributed by atoms with Crippen molar-refractivity contribution < 1.29 is 18.8 Å². The summed E-state index contributed by atoms with van der Waals surface area (Å²) in [5, 5.41) is 3.52. The van der Waals surface area contributed by atoms with Gasteiger partial charge in [0.25, 0.3) is 5.91 Å². The lowest BCUT2D eigenvalue weighted by molar-refractivity contribution is -0.955. The van der Waals surface area contributed by atoms with E-state index in [1.165, 1.54) is 26.4 Å². The zero-order valence-corrected chi connectivity index (χ0v) is 16.6. The summed E-state index contributed by atoms with van der Waals surface area (Å²) in [4.78, 5) is 25.5. The first-order valence-electron chi connectivity index (χ1n) is 9.45. The van der Waals surface area contributed by atoms with E-state index in [0.29, 0.717) is 16.3 Å². The van der Waals surface area contributed by atoms with Crippen LogP contribution in [0.1, 0.15) is 54.9 Å². The third kappa shape index (κ3) is 3.12. The van der Waals surface area contributed by atoms with Gasteiger partial charge in [0.05, 0.1) is 38.0 Å². The highest BCUT2D eigenvalue weighted by molar-refractivity contribution is 6.31. The minimum atomic E-state index is -0.492. The first-order chi connectivity index (χ1) is 12.4. The molecule has 26 heavy (non-hydrogen) atoms. The van der Waals surface area contributed by atoms with E-state index in [2.05, 4.69) is 12.2 Å². The number of hydrogen-bond acceptors (Lipinski definition) is 3. The number of likely N-dealkylation sites (tertiary alicyclic amines) is 1. The molecule has 1 N–H and O–H groups in total. The van der Waals surface area contributed by atoms with Crippen molar-refractivity contribution in [3.63, 3.8) is 0 Å². The number of esters is 1. The largest absolute Gasteiger partial charge is 0.465 e. The molecule has 0 unspecified atom stereocenters. The number of ether oxygens (including phenoxy) is 1. The summed E-state index contributed by atoms with van der Waals surface area (Å²) in [5.41, 5.74) is 1.24. The summed E-state index contributed by atoms with van der Waals surface area (Å²) in [6, 6.07) is 3.31. The molecule has 1 saturated heterocycles. The van der Waals surface area contributed by atoms with Crippen LogP contribution >= 0.6 is 11.6 Å². The Kier molecular flexibility index (Phi) is 5.31. The van der Waals surface area contributed by atoms with E-state index in [4.69, 9.17) is 16.3 Å². The summed E-state index contributed by atoms with van der Waals surface area (Å²) in [7, 11) is 1.33. The van der Waals surface area contributed by atoms with E-state index in [0.717, 1.165) is 42.5 Å². The van der Waals surface area contributed by atoms with Crippen molar-refractivity contribution in [1.82, 2.24) is 0 Å². The number of quaternary nitrogens is 1. The van der Waals surface area contributed by atoms with E-state index in [1.807, 2.05) is 6.92 Å². The van der Waals surface area contributed by atoms with E-state index >= 15 is 0 Å². The van der Waals surface area contributed by atoms with Crippen LogP contribution in [0.2, 0.25) is 5.02 Å². The molecule has 5 nitrogen and oxygen atoms in total. The minimum absolute atomic E-state index is 0.0248. The molecule has 3 rings (SSSR count). The Morgan fingerprint density at radius 2 is 1.88 bits per heavy atom. The smallest absolute Gasteiger partial charge is 0.340 e. The highest BCUT2D eigenvalue weighted by Gasteiger charge is 2.65. The molecular formula is C20H28ClN2O3+.